The maximum Gasteiger partial charge on any atom is 0.112 e. The van der Waals surface area contributed by atoms with Crippen LogP contribution >= 0.6 is 11.7 Å². The van der Waals surface area contributed by atoms with Gasteiger partial charge in [0.2, 0.25) is 0 Å². The Morgan fingerprint density at radius 3 is 1.93 bits per heavy atom. The van der Waals surface area contributed by atoms with Crippen molar-refractivity contribution in [2.24, 2.45) is 5.41 Å². The molecule has 0 aliphatic heterocycles. The van der Waals surface area contributed by atoms with E-state index in [-0.39, 0.29) is 5.41 Å². The summed E-state index contributed by atoms with van der Waals surface area (Å²) in [5.41, 5.74) is 13.3. The molecule has 1 aliphatic rings. The maximum atomic E-state index is 4.62. The molecule has 0 N–H and O–H groups in total. The summed E-state index contributed by atoms with van der Waals surface area (Å²) in [6, 6.07) is 18.8. The van der Waals surface area contributed by atoms with Crippen molar-refractivity contribution in [2.45, 2.75) is 97.8 Å². The first-order valence-electron chi connectivity index (χ1n) is 17.5. The van der Waals surface area contributed by atoms with E-state index in [4.69, 9.17) is 0 Å². The highest BCUT2D eigenvalue weighted by molar-refractivity contribution is 7.00. The Bertz CT molecular complexity index is 1670. The summed E-state index contributed by atoms with van der Waals surface area (Å²) in [5.74, 6) is 0. The molecule has 1 atom stereocenters. The van der Waals surface area contributed by atoms with Gasteiger partial charge in [0.15, 0.2) is 0 Å². The van der Waals surface area contributed by atoms with E-state index in [0.29, 0.717) is 5.41 Å². The van der Waals surface area contributed by atoms with E-state index >= 15 is 0 Å². The molecule has 1 unspecified atom stereocenters. The van der Waals surface area contributed by atoms with Gasteiger partial charge < -0.3 is 4.48 Å². The average molecular weight is 635 g/mol. The Morgan fingerprint density at radius 1 is 0.717 bits per heavy atom. The Kier molecular flexibility index (Phi) is 10.7. The summed E-state index contributed by atoms with van der Waals surface area (Å²) in [5, 5.41) is 0. The molecule has 0 saturated heterocycles. The zero-order chi connectivity index (χ0) is 33.0. The molecule has 0 radical (unpaired) electrons. The summed E-state index contributed by atoms with van der Waals surface area (Å²) in [6.45, 7) is 12.6. The molecule has 0 fully saturated rings. The summed E-state index contributed by atoms with van der Waals surface area (Å²) in [6.07, 6.45) is 20.4. The van der Waals surface area contributed by atoms with Crippen molar-refractivity contribution in [3.63, 3.8) is 0 Å². The minimum Gasteiger partial charge on any atom is -0.331 e. The zero-order valence-corrected chi connectivity index (χ0v) is 30.6. The quantitative estimate of drug-likeness (QED) is 0.0783. The number of unbranched alkanes of at least 4 members (excludes halogenated alkanes) is 4. The van der Waals surface area contributed by atoms with Crippen molar-refractivity contribution >= 4 is 41.0 Å². The molecule has 0 saturated carbocycles. The van der Waals surface area contributed by atoms with Crippen molar-refractivity contribution in [1.82, 2.24) is 8.75 Å². The fourth-order valence-corrected chi connectivity index (χ4v) is 8.00. The van der Waals surface area contributed by atoms with E-state index in [9.17, 15) is 0 Å². The minimum atomic E-state index is 0.0421. The second kappa shape index (κ2) is 14.4. The van der Waals surface area contributed by atoms with Crippen molar-refractivity contribution in [3.05, 3.63) is 88.0 Å². The molecule has 0 amide bonds. The third-order valence-corrected chi connectivity index (χ3v) is 10.4. The van der Waals surface area contributed by atoms with Gasteiger partial charge in [-0.05, 0) is 90.3 Å². The lowest BCUT2D eigenvalue weighted by molar-refractivity contribution is -0.870. The van der Waals surface area contributed by atoms with Crippen molar-refractivity contribution in [3.8, 4) is 11.1 Å². The minimum absolute atomic E-state index is 0.0421. The highest BCUT2D eigenvalue weighted by atomic mass is 32.1. The van der Waals surface area contributed by atoms with Crippen LogP contribution in [0.4, 0.5) is 0 Å². The Hall–Kier alpha value is -3.08. The van der Waals surface area contributed by atoms with Gasteiger partial charge in [0.05, 0.1) is 39.4 Å². The molecule has 3 aromatic carbocycles. The van der Waals surface area contributed by atoms with Gasteiger partial charge in [-0.15, -0.1) is 0 Å². The summed E-state index contributed by atoms with van der Waals surface area (Å²) < 4.78 is 10.2. The van der Waals surface area contributed by atoms with Crippen molar-refractivity contribution < 1.29 is 4.48 Å². The van der Waals surface area contributed by atoms with Crippen LogP contribution in [0, 0.1) is 12.3 Å². The zero-order valence-electron chi connectivity index (χ0n) is 29.7. The van der Waals surface area contributed by atoms with Crippen LogP contribution < -0.4 is 0 Å². The molecule has 244 valence electrons. The largest absolute Gasteiger partial charge is 0.331 e. The van der Waals surface area contributed by atoms with E-state index in [2.05, 4.69) is 137 Å². The third kappa shape index (κ3) is 8.06. The first kappa shape index (κ1) is 34.3. The number of benzene rings is 3. The Balaban J connectivity index is 1.52. The lowest BCUT2D eigenvalue weighted by atomic mass is 9.70. The fourth-order valence-electron chi connectivity index (χ4n) is 7.37. The molecular formula is C42H56N3S+. The van der Waals surface area contributed by atoms with Crippen LogP contribution in [0.3, 0.4) is 0 Å². The van der Waals surface area contributed by atoms with Crippen LogP contribution in [0.15, 0.2) is 54.6 Å². The molecular weight excluding hydrogens is 579 g/mol. The second-order valence-corrected chi connectivity index (χ2v) is 16.4. The highest BCUT2D eigenvalue weighted by Gasteiger charge is 2.42. The number of nitrogens with zero attached hydrogens (tertiary/aromatic N) is 3. The molecule has 4 heteroatoms. The van der Waals surface area contributed by atoms with E-state index in [1.165, 1.54) is 109 Å². The monoisotopic (exact) mass is 634 g/mol. The molecule has 1 aliphatic carbocycles. The fraction of sp³-hybridized carbons (Fsp3) is 0.476. The molecule has 5 rings (SSSR count). The van der Waals surface area contributed by atoms with Gasteiger partial charge in [-0.2, -0.15) is 8.75 Å². The summed E-state index contributed by atoms with van der Waals surface area (Å²) >= 11 is 1.30. The van der Waals surface area contributed by atoms with E-state index < -0.39 is 0 Å². The van der Waals surface area contributed by atoms with Crippen molar-refractivity contribution in [2.75, 3.05) is 27.7 Å². The van der Waals surface area contributed by atoms with Gasteiger partial charge in [0, 0.05) is 11.0 Å². The SMILES string of the molecule is C/C=C/c1ccc2c(c1)C(CCCCCC(C)(C)C)(CCCCC[N+](C)(C)C)c1cc(/C=C/c3ccc(C)c4nsnc34)ccc1-2. The van der Waals surface area contributed by atoms with Crippen molar-refractivity contribution in [1.29, 1.82) is 0 Å². The normalized spacial score (nSPS) is 16.6. The number of hydrogen-bond acceptors (Lipinski definition) is 3. The molecule has 4 aromatic rings. The second-order valence-electron chi connectivity index (χ2n) is 15.9. The van der Waals surface area contributed by atoms with Gasteiger partial charge >= 0.3 is 0 Å². The molecule has 0 bridgehead atoms. The van der Waals surface area contributed by atoms with E-state index in [1.54, 1.807) is 5.56 Å². The first-order chi connectivity index (χ1) is 21.9. The molecule has 1 heterocycles. The van der Waals surface area contributed by atoms with E-state index in [1.807, 2.05) is 0 Å². The van der Waals surface area contributed by atoms with Gasteiger partial charge in [0.1, 0.15) is 11.0 Å². The molecule has 0 spiro atoms. The summed E-state index contributed by atoms with van der Waals surface area (Å²) in [7, 11) is 6.94. The number of aryl methyl sites for hydroxylation is 1. The van der Waals surface area contributed by atoms with Crippen LogP contribution in [0.25, 0.3) is 40.4 Å². The van der Waals surface area contributed by atoms with Crippen LogP contribution in [0.1, 0.15) is 119 Å². The number of hydrogen-bond donors (Lipinski definition) is 0. The summed E-state index contributed by atoms with van der Waals surface area (Å²) in [4.78, 5) is 0. The molecule has 46 heavy (non-hydrogen) atoms. The van der Waals surface area contributed by atoms with Crippen LogP contribution in [-0.4, -0.2) is 40.9 Å². The number of allylic oxidation sites excluding steroid dienone is 1. The first-order valence-corrected chi connectivity index (χ1v) is 18.3. The maximum absolute atomic E-state index is 4.62. The van der Waals surface area contributed by atoms with Crippen LogP contribution in [-0.2, 0) is 5.41 Å². The lowest BCUT2D eigenvalue weighted by Crippen LogP contribution is -2.35. The standard InChI is InChI=1S/C42H56N3S/c1-9-16-32-19-23-35-36-24-20-33(18-22-34-21-17-31(2)39-40(34)44-46-43-39)30-38(36)42(37(35)29-32,26-13-10-12-25-41(3,4)5)27-14-11-15-28-45(6,7)8/h9,16-24,29-30H,10-15,25-28H2,1-8H3/q+1/b16-9+,22-18+. The van der Waals surface area contributed by atoms with Gasteiger partial charge in [-0.25, -0.2) is 0 Å². The predicted octanol–water partition coefficient (Wildman–Crippen LogP) is 11.7. The number of rotatable bonds is 14. The number of quaternary nitrogens is 1. The third-order valence-electron chi connectivity index (χ3n) is 9.83. The Morgan fingerprint density at radius 2 is 1.33 bits per heavy atom. The number of aromatic nitrogens is 2. The average Bonchev–Trinajstić information content (AvgIpc) is 3.59. The molecule has 3 nitrogen and oxygen atoms in total. The number of fused-ring (bicyclic) bond motifs is 4. The van der Waals surface area contributed by atoms with E-state index in [0.717, 1.165) is 21.1 Å². The Labute approximate surface area is 283 Å². The lowest BCUT2D eigenvalue weighted by Gasteiger charge is -2.33. The van der Waals surface area contributed by atoms with Gasteiger partial charge in [0.25, 0.3) is 0 Å². The predicted molar refractivity (Wildman–Crippen MR) is 202 cm³/mol. The van der Waals surface area contributed by atoms with Gasteiger partial charge in [-0.1, -0.05) is 119 Å². The topological polar surface area (TPSA) is 25.8 Å². The highest BCUT2D eigenvalue weighted by Crippen LogP contribution is 2.55. The van der Waals surface area contributed by atoms with Crippen LogP contribution in [0.5, 0.6) is 0 Å². The smallest absolute Gasteiger partial charge is 0.112 e. The van der Waals surface area contributed by atoms with Crippen LogP contribution in [0.2, 0.25) is 0 Å². The molecule has 1 aromatic heterocycles. The van der Waals surface area contributed by atoms with Gasteiger partial charge in [-0.3, -0.25) is 0 Å².